The topological polar surface area (TPSA) is 101 Å². The molecule has 1 amide bonds. The van der Waals surface area contributed by atoms with Gasteiger partial charge in [0.15, 0.2) is 5.52 Å². The van der Waals surface area contributed by atoms with Gasteiger partial charge in [-0.3, -0.25) is 19.2 Å². The number of benzene rings is 1. The Morgan fingerprint density at radius 3 is 2.39 bits per heavy atom. The lowest BCUT2D eigenvalue weighted by molar-refractivity contribution is -0.122. The van der Waals surface area contributed by atoms with E-state index < -0.39 is 0 Å². The van der Waals surface area contributed by atoms with E-state index in [0.717, 1.165) is 60.2 Å². The Morgan fingerprint density at radius 2 is 1.73 bits per heavy atom. The predicted octanol–water partition coefficient (Wildman–Crippen LogP) is 6.95. The van der Waals surface area contributed by atoms with Crippen LogP contribution in [0.2, 0.25) is 0 Å². The summed E-state index contributed by atoms with van der Waals surface area (Å²) in [6.07, 6.45) is 9.78. The first kappa shape index (κ1) is 32.8. The maximum atomic E-state index is 13.7. The summed E-state index contributed by atoms with van der Waals surface area (Å²) >= 11 is 0. The van der Waals surface area contributed by atoms with Crippen LogP contribution in [0.25, 0.3) is 11.0 Å². The van der Waals surface area contributed by atoms with E-state index >= 15 is 0 Å². The number of anilines is 3. The fraction of sp³-hybridized carbons (Fsp3) is 0.543. The molecule has 3 fully saturated rings. The average molecular weight is 602 g/mol. The van der Waals surface area contributed by atoms with Gasteiger partial charge in [0, 0.05) is 20.1 Å². The van der Waals surface area contributed by atoms with Crippen LogP contribution < -0.4 is 14.5 Å². The molecule has 1 atom stereocenters. The van der Waals surface area contributed by atoms with Crippen LogP contribution in [-0.2, 0) is 16.6 Å². The summed E-state index contributed by atoms with van der Waals surface area (Å²) in [5.41, 5.74) is 5.84. The van der Waals surface area contributed by atoms with Gasteiger partial charge in [-0.1, -0.05) is 26.2 Å². The van der Waals surface area contributed by atoms with Gasteiger partial charge >= 0.3 is 5.91 Å². The van der Waals surface area contributed by atoms with Gasteiger partial charge in [-0.25, -0.2) is 4.98 Å². The summed E-state index contributed by atoms with van der Waals surface area (Å²) in [5, 5.41) is 11.6. The Labute approximate surface area is 261 Å². The summed E-state index contributed by atoms with van der Waals surface area (Å²) in [6.45, 7) is 11.7. The van der Waals surface area contributed by atoms with E-state index in [1.807, 2.05) is 37.7 Å². The number of rotatable bonds is 6. The van der Waals surface area contributed by atoms with Crippen LogP contribution in [-0.4, -0.2) is 51.4 Å². The van der Waals surface area contributed by atoms with Crippen LogP contribution in [0.15, 0.2) is 24.3 Å². The molecule has 6 rings (SSSR count). The Hall–Kier alpha value is -4.06. The molecule has 1 aromatic carbocycles. The lowest BCUT2D eigenvalue weighted by Gasteiger charge is -2.29. The SMILES string of the molecule is CC.CC#CC(=O)N(c1ccc2c(n1)c(OC1CCCCC1)nn2C)c1cc(C)c(C)cc1N1CCC(C2CC2)C1.O=CO. The number of pyridine rings is 1. The molecule has 9 heteroatoms. The molecule has 0 spiro atoms. The number of aryl methyl sites for hydroxylation is 3. The third-order valence-corrected chi connectivity index (χ3v) is 8.83. The summed E-state index contributed by atoms with van der Waals surface area (Å²) in [7, 11) is 1.91. The standard InChI is InChI=1S/C32H39N5O2.C2H6.CH2O2/c1-5-9-30(38)37(28-19-22(3)21(2)18-27(28)36-17-16-24(20-36)23-12-13-23)29-15-14-26-31(33-29)32(34-35(26)4)39-25-10-7-6-8-11-25;1-2;2-1-3/h14-15,18-19,23-25H,6-8,10-13,16-17,20H2,1-4H3;1-2H3;1H,(H,2,3). The normalized spacial score (nSPS) is 17.9. The van der Waals surface area contributed by atoms with Crippen LogP contribution in [0.3, 0.4) is 0 Å². The fourth-order valence-electron chi connectivity index (χ4n) is 6.32. The van der Waals surface area contributed by atoms with Crippen molar-refractivity contribution in [1.29, 1.82) is 0 Å². The molecule has 1 aliphatic heterocycles. The highest BCUT2D eigenvalue weighted by atomic mass is 16.5. The number of carboxylic acid groups (broad SMARTS) is 1. The van der Waals surface area contributed by atoms with E-state index in [4.69, 9.17) is 19.6 Å². The third-order valence-electron chi connectivity index (χ3n) is 8.83. The summed E-state index contributed by atoms with van der Waals surface area (Å²) in [4.78, 5) is 31.2. The predicted molar refractivity (Wildman–Crippen MR) is 176 cm³/mol. The fourth-order valence-corrected chi connectivity index (χ4v) is 6.32. The number of nitrogens with zero attached hydrogens (tertiary/aromatic N) is 5. The Bertz CT molecular complexity index is 1510. The average Bonchev–Trinajstić information content (AvgIpc) is 3.68. The zero-order valence-electron chi connectivity index (χ0n) is 27.1. The molecule has 1 N–H and O–H groups in total. The maximum Gasteiger partial charge on any atom is 0.308 e. The van der Waals surface area contributed by atoms with Crippen molar-refractivity contribution in [3.63, 3.8) is 0 Å². The van der Waals surface area contributed by atoms with Crippen molar-refractivity contribution in [1.82, 2.24) is 14.8 Å². The van der Waals surface area contributed by atoms with E-state index in [1.54, 1.807) is 11.8 Å². The highest BCUT2D eigenvalue weighted by Crippen LogP contribution is 2.45. The summed E-state index contributed by atoms with van der Waals surface area (Å²) in [6, 6.07) is 8.25. The van der Waals surface area contributed by atoms with Gasteiger partial charge in [0.1, 0.15) is 11.9 Å². The highest BCUT2D eigenvalue weighted by molar-refractivity contribution is 6.12. The van der Waals surface area contributed by atoms with Crippen molar-refractivity contribution < 1.29 is 19.4 Å². The van der Waals surface area contributed by atoms with Gasteiger partial charge in [-0.15, -0.1) is 5.10 Å². The van der Waals surface area contributed by atoms with E-state index in [1.165, 1.54) is 44.1 Å². The molecule has 1 unspecified atom stereocenters. The lowest BCUT2D eigenvalue weighted by atomic mass is 9.98. The Balaban J connectivity index is 0.000000834. The molecule has 2 aromatic heterocycles. The van der Waals surface area contributed by atoms with Crippen molar-refractivity contribution >= 4 is 40.6 Å². The number of carbonyl (C=O) groups is 2. The minimum atomic E-state index is -0.287. The van der Waals surface area contributed by atoms with Gasteiger partial charge in [0.2, 0.25) is 0 Å². The van der Waals surface area contributed by atoms with E-state index in [9.17, 15) is 4.79 Å². The van der Waals surface area contributed by atoms with E-state index in [0.29, 0.717) is 17.2 Å². The Morgan fingerprint density at radius 1 is 1.05 bits per heavy atom. The molecule has 0 radical (unpaired) electrons. The molecular formula is C35H47N5O4. The van der Waals surface area contributed by atoms with Gasteiger partial charge in [-0.05, 0) is 119 Å². The number of fused-ring (bicyclic) bond motifs is 1. The second-order valence-corrected chi connectivity index (χ2v) is 11.7. The largest absolute Gasteiger partial charge is 0.483 e. The van der Waals surface area contributed by atoms with Gasteiger partial charge in [0.25, 0.3) is 12.4 Å². The number of hydrogen-bond acceptors (Lipinski definition) is 6. The Kier molecular flexibility index (Phi) is 11.3. The van der Waals surface area contributed by atoms with Crippen LogP contribution in [0.5, 0.6) is 5.88 Å². The molecule has 2 saturated carbocycles. The highest BCUT2D eigenvalue weighted by Gasteiger charge is 2.37. The molecule has 1 saturated heterocycles. The minimum Gasteiger partial charge on any atom is -0.483 e. The molecule has 3 aliphatic rings. The lowest BCUT2D eigenvalue weighted by Crippen LogP contribution is -2.29. The first-order valence-corrected chi connectivity index (χ1v) is 16.1. The van der Waals surface area contributed by atoms with Crippen LogP contribution >= 0.6 is 0 Å². The number of amides is 1. The smallest absolute Gasteiger partial charge is 0.308 e. The van der Waals surface area contributed by atoms with Gasteiger partial charge < -0.3 is 14.7 Å². The number of hydrogen-bond donors (Lipinski definition) is 1. The monoisotopic (exact) mass is 601 g/mol. The number of carbonyl (C=O) groups excluding carboxylic acids is 1. The molecule has 3 heterocycles. The first-order valence-electron chi connectivity index (χ1n) is 16.1. The van der Waals surface area contributed by atoms with Crippen molar-refractivity contribution in [2.24, 2.45) is 18.9 Å². The van der Waals surface area contributed by atoms with Crippen molar-refractivity contribution in [3.8, 4) is 17.7 Å². The molecule has 0 bridgehead atoms. The molecule has 236 valence electrons. The molecular weight excluding hydrogens is 554 g/mol. The van der Waals surface area contributed by atoms with Gasteiger partial charge in [-0.2, -0.15) is 0 Å². The van der Waals surface area contributed by atoms with E-state index in [-0.39, 0.29) is 18.5 Å². The second kappa shape index (κ2) is 15.1. The van der Waals surface area contributed by atoms with E-state index in [2.05, 4.69) is 47.8 Å². The van der Waals surface area contributed by atoms with Crippen molar-refractivity contribution in [3.05, 3.63) is 35.4 Å². The molecule has 3 aromatic rings. The number of aromatic nitrogens is 3. The zero-order valence-corrected chi connectivity index (χ0v) is 27.1. The summed E-state index contributed by atoms with van der Waals surface area (Å²) < 4.78 is 8.20. The maximum absolute atomic E-state index is 13.7. The quantitative estimate of drug-likeness (QED) is 0.241. The molecule has 44 heavy (non-hydrogen) atoms. The van der Waals surface area contributed by atoms with Crippen LogP contribution in [0.1, 0.15) is 83.3 Å². The van der Waals surface area contributed by atoms with Crippen LogP contribution in [0, 0.1) is 37.5 Å². The van der Waals surface area contributed by atoms with Gasteiger partial charge in [0.05, 0.1) is 16.9 Å². The van der Waals surface area contributed by atoms with Crippen molar-refractivity contribution in [2.45, 2.75) is 92.1 Å². The molecule has 9 nitrogen and oxygen atoms in total. The van der Waals surface area contributed by atoms with Crippen molar-refractivity contribution in [2.75, 3.05) is 22.9 Å². The second-order valence-electron chi connectivity index (χ2n) is 11.7. The molecule has 2 aliphatic carbocycles. The minimum absolute atomic E-state index is 0.159. The van der Waals surface area contributed by atoms with Crippen LogP contribution in [0.4, 0.5) is 17.2 Å². The number of ether oxygens (including phenoxy) is 1. The zero-order chi connectivity index (χ0) is 31.8. The first-order chi connectivity index (χ1) is 21.3. The summed E-state index contributed by atoms with van der Waals surface area (Å²) in [5.74, 6) is 8.01. The third kappa shape index (κ3) is 7.35.